The number of hydrogen-bond acceptors (Lipinski definition) is 5. The second-order valence-corrected chi connectivity index (χ2v) is 9.10. The Morgan fingerprint density at radius 1 is 1.32 bits per heavy atom. The molecule has 1 fully saturated rings. The van der Waals surface area contributed by atoms with Gasteiger partial charge in [0.05, 0.1) is 5.92 Å². The van der Waals surface area contributed by atoms with E-state index in [1.54, 1.807) is 10.8 Å². The smallest absolute Gasteiger partial charge is 0.295 e. The van der Waals surface area contributed by atoms with Gasteiger partial charge in [0.1, 0.15) is 5.52 Å². The van der Waals surface area contributed by atoms with Gasteiger partial charge in [-0.25, -0.2) is 9.97 Å². The molecule has 1 saturated heterocycles. The van der Waals surface area contributed by atoms with Crippen LogP contribution in [0.2, 0.25) is 5.02 Å². The summed E-state index contributed by atoms with van der Waals surface area (Å²) in [5, 5.41) is 4.86. The number of amides is 1. The normalized spacial score (nSPS) is 16.3. The number of aromatic nitrogens is 4. The van der Waals surface area contributed by atoms with Gasteiger partial charge in [-0.2, -0.15) is 0 Å². The van der Waals surface area contributed by atoms with Gasteiger partial charge in [0.25, 0.3) is 5.56 Å². The maximum absolute atomic E-state index is 13.1. The third kappa shape index (κ3) is 4.25. The Labute approximate surface area is 202 Å². The molecule has 1 amide bonds. The lowest BCUT2D eigenvalue weighted by atomic mass is 9.97. The zero-order valence-electron chi connectivity index (χ0n) is 19.1. The number of benzene rings is 1. The van der Waals surface area contributed by atoms with Crippen LogP contribution in [0.5, 0.6) is 0 Å². The Bertz CT molecular complexity index is 1410. The van der Waals surface area contributed by atoms with E-state index in [2.05, 4.69) is 20.3 Å². The first kappa shape index (κ1) is 22.4. The van der Waals surface area contributed by atoms with Crippen molar-refractivity contribution in [3.8, 4) is 0 Å². The van der Waals surface area contributed by atoms with Crippen LogP contribution in [0.25, 0.3) is 22.1 Å². The van der Waals surface area contributed by atoms with Gasteiger partial charge in [-0.3, -0.25) is 14.2 Å². The van der Waals surface area contributed by atoms with Crippen LogP contribution in [0, 0.1) is 5.92 Å². The van der Waals surface area contributed by atoms with Crippen molar-refractivity contribution in [3.63, 3.8) is 0 Å². The molecule has 0 aliphatic carbocycles. The molecule has 0 radical (unpaired) electrons. The zero-order chi connectivity index (χ0) is 23.7. The lowest BCUT2D eigenvalue weighted by Gasteiger charge is -2.32. The Balaban J connectivity index is 1.27. The minimum atomic E-state index is -0.188. The fraction of sp³-hybridized carbons (Fsp3) is 0.360. The van der Waals surface area contributed by atoms with Crippen LogP contribution in [0.4, 0.5) is 5.82 Å². The predicted octanol–water partition coefficient (Wildman–Crippen LogP) is 3.52. The van der Waals surface area contributed by atoms with Crippen molar-refractivity contribution in [2.24, 2.45) is 5.92 Å². The molecule has 4 aromatic rings. The average Bonchev–Trinajstić information content (AvgIpc) is 3.25. The number of piperidine rings is 1. The van der Waals surface area contributed by atoms with E-state index in [1.165, 1.54) is 0 Å². The minimum Gasteiger partial charge on any atom is -0.361 e. The molecule has 1 atom stereocenters. The molecule has 8 nitrogen and oxygen atoms in total. The summed E-state index contributed by atoms with van der Waals surface area (Å²) in [4.78, 5) is 40.2. The molecule has 1 aliphatic rings. The van der Waals surface area contributed by atoms with Gasteiger partial charge in [-0.15, -0.1) is 0 Å². The Morgan fingerprint density at radius 2 is 2.21 bits per heavy atom. The molecule has 3 aromatic heterocycles. The van der Waals surface area contributed by atoms with Crippen molar-refractivity contribution in [1.82, 2.24) is 24.8 Å². The van der Waals surface area contributed by atoms with E-state index in [0.717, 1.165) is 29.3 Å². The molecular weight excluding hydrogens is 452 g/mol. The number of nitrogens with one attached hydrogen (secondary N) is 2. The molecule has 5 rings (SSSR count). The second kappa shape index (κ2) is 9.46. The summed E-state index contributed by atoms with van der Waals surface area (Å²) in [5.74, 6) is 0.225. The number of halogens is 1. The largest absolute Gasteiger partial charge is 0.361 e. The average molecular weight is 479 g/mol. The van der Waals surface area contributed by atoms with Crippen LogP contribution < -0.4 is 15.8 Å². The number of fused-ring (bicyclic) bond motifs is 2. The highest BCUT2D eigenvalue weighted by atomic mass is 35.5. The molecule has 176 valence electrons. The first-order chi connectivity index (χ1) is 16.5. The summed E-state index contributed by atoms with van der Waals surface area (Å²) >= 11 is 6.14. The minimum absolute atomic E-state index is 0.0147. The lowest BCUT2D eigenvalue weighted by molar-refractivity contribution is -0.125. The first-order valence-electron chi connectivity index (χ1n) is 11.7. The molecule has 0 spiro atoms. The number of pyridine rings is 1. The maximum Gasteiger partial charge on any atom is 0.295 e. The molecule has 2 N–H and O–H groups in total. The van der Waals surface area contributed by atoms with Crippen molar-refractivity contribution < 1.29 is 4.79 Å². The van der Waals surface area contributed by atoms with Gasteiger partial charge < -0.3 is 15.2 Å². The van der Waals surface area contributed by atoms with Crippen molar-refractivity contribution in [2.45, 2.75) is 32.7 Å². The third-order valence-electron chi connectivity index (χ3n) is 6.52. The molecular formula is C25H27ClN6O2. The van der Waals surface area contributed by atoms with Gasteiger partial charge in [0.15, 0.2) is 11.5 Å². The van der Waals surface area contributed by atoms with E-state index in [0.29, 0.717) is 54.6 Å². The number of hydrogen-bond donors (Lipinski definition) is 2. The van der Waals surface area contributed by atoms with Crippen LogP contribution in [-0.4, -0.2) is 45.1 Å². The highest BCUT2D eigenvalue weighted by molar-refractivity contribution is 6.31. The Morgan fingerprint density at radius 3 is 3.06 bits per heavy atom. The van der Waals surface area contributed by atoms with E-state index in [-0.39, 0.29) is 17.4 Å². The summed E-state index contributed by atoms with van der Waals surface area (Å²) in [6.45, 7) is 4.16. The Kier molecular flexibility index (Phi) is 6.24. The van der Waals surface area contributed by atoms with Crippen molar-refractivity contribution in [3.05, 3.63) is 63.7 Å². The number of H-pyrrole nitrogens is 1. The first-order valence-corrected chi connectivity index (χ1v) is 12.1. The van der Waals surface area contributed by atoms with Gasteiger partial charge in [-0.1, -0.05) is 11.6 Å². The molecule has 4 heterocycles. The second-order valence-electron chi connectivity index (χ2n) is 8.66. The highest BCUT2D eigenvalue weighted by Gasteiger charge is 2.28. The van der Waals surface area contributed by atoms with Crippen molar-refractivity contribution >= 4 is 45.4 Å². The monoisotopic (exact) mass is 478 g/mol. The quantitative estimate of drug-likeness (QED) is 0.442. The van der Waals surface area contributed by atoms with Crippen molar-refractivity contribution in [1.29, 1.82) is 0 Å². The maximum atomic E-state index is 13.1. The van der Waals surface area contributed by atoms with E-state index in [1.807, 2.05) is 48.4 Å². The summed E-state index contributed by atoms with van der Waals surface area (Å²) in [7, 11) is 0. The fourth-order valence-electron chi connectivity index (χ4n) is 4.77. The van der Waals surface area contributed by atoms with Crippen LogP contribution in [0.3, 0.4) is 0 Å². The number of rotatable bonds is 6. The lowest BCUT2D eigenvalue weighted by Crippen LogP contribution is -2.46. The van der Waals surface area contributed by atoms with Crippen LogP contribution in [-0.2, 0) is 17.8 Å². The SMILES string of the molecule is CCn1c(=O)c(N2CCC[C@@H](C(=O)NCCc3c[nH]c4ccc(Cl)cc34)C2)nc2cccnc21. The number of nitrogens with zero attached hydrogens (tertiary/aromatic N) is 4. The topological polar surface area (TPSA) is 95.9 Å². The summed E-state index contributed by atoms with van der Waals surface area (Å²) in [6.07, 6.45) is 5.97. The number of carbonyl (C=O) groups excluding carboxylic acids is 1. The molecule has 0 saturated carbocycles. The third-order valence-corrected chi connectivity index (χ3v) is 6.75. The summed E-state index contributed by atoms with van der Waals surface area (Å²) < 4.78 is 1.65. The van der Waals surface area contributed by atoms with E-state index in [9.17, 15) is 9.59 Å². The fourth-order valence-corrected chi connectivity index (χ4v) is 4.94. The molecule has 0 unspecified atom stereocenters. The van der Waals surface area contributed by atoms with Crippen LogP contribution in [0.15, 0.2) is 47.5 Å². The number of carbonyl (C=O) groups is 1. The highest BCUT2D eigenvalue weighted by Crippen LogP contribution is 2.23. The predicted molar refractivity (Wildman–Crippen MR) is 134 cm³/mol. The van der Waals surface area contributed by atoms with Crippen molar-refractivity contribution in [2.75, 3.05) is 24.5 Å². The van der Waals surface area contributed by atoms with Crippen LogP contribution >= 0.6 is 11.6 Å². The summed E-state index contributed by atoms with van der Waals surface area (Å²) in [5.41, 5.74) is 3.27. The standard InChI is InChI=1S/C25H27ClN6O2/c1-2-32-22-21(6-3-10-27-22)30-23(25(32)34)31-12-4-5-17(15-31)24(33)28-11-9-16-14-29-20-8-7-18(26)13-19(16)20/h3,6-8,10,13-14,17,29H,2,4-5,9,11-12,15H2,1H3,(H,28,33)/t17-/m1/s1. The van der Waals surface area contributed by atoms with Gasteiger partial charge in [-0.05, 0) is 62.1 Å². The van der Waals surface area contributed by atoms with Crippen LogP contribution in [0.1, 0.15) is 25.3 Å². The van der Waals surface area contributed by atoms with Gasteiger partial charge >= 0.3 is 0 Å². The molecule has 9 heteroatoms. The van der Waals surface area contributed by atoms with Gasteiger partial charge in [0.2, 0.25) is 5.91 Å². The van der Waals surface area contributed by atoms with E-state index < -0.39 is 0 Å². The van der Waals surface area contributed by atoms with E-state index in [4.69, 9.17) is 11.6 Å². The molecule has 1 aliphatic heterocycles. The molecule has 34 heavy (non-hydrogen) atoms. The summed E-state index contributed by atoms with van der Waals surface area (Å²) in [6, 6.07) is 9.44. The Hall–Kier alpha value is -3.39. The number of aromatic amines is 1. The number of aryl methyl sites for hydroxylation is 1. The molecule has 0 bridgehead atoms. The van der Waals surface area contributed by atoms with Gasteiger partial charge in [0, 0.05) is 54.5 Å². The molecule has 1 aromatic carbocycles. The zero-order valence-corrected chi connectivity index (χ0v) is 19.8. The number of anilines is 1. The van der Waals surface area contributed by atoms with E-state index >= 15 is 0 Å².